The van der Waals surface area contributed by atoms with Gasteiger partial charge in [0.15, 0.2) is 11.4 Å². The van der Waals surface area contributed by atoms with Gasteiger partial charge in [-0.05, 0) is 12.1 Å². The average Bonchev–Trinajstić information content (AvgIpc) is 2.71. The number of nitrogens with one attached hydrogen (secondary N) is 1. The molecule has 2 aromatic heterocycles. The Hall–Kier alpha value is -2.57. The van der Waals surface area contributed by atoms with E-state index >= 15 is 0 Å². The van der Waals surface area contributed by atoms with Crippen LogP contribution in [0.25, 0.3) is 5.65 Å². The summed E-state index contributed by atoms with van der Waals surface area (Å²) in [6.07, 6.45) is 3.10. The Balaban J connectivity index is 2.27. The maximum Gasteiger partial charge on any atom is 0.271 e. The number of nitrogens with two attached hydrogens (primary N) is 1. The van der Waals surface area contributed by atoms with Crippen LogP contribution in [0.2, 0.25) is 0 Å². The lowest BCUT2D eigenvalue weighted by molar-refractivity contribution is -0.117. The summed E-state index contributed by atoms with van der Waals surface area (Å²) in [6, 6.07) is 3.09. The van der Waals surface area contributed by atoms with Crippen molar-refractivity contribution in [2.75, 3.05) is 6.54 Å². The molecule has 4 N–H and O–H groups in total. The number of nitrogens with zero attached hydrogens (tertiary/aromatic N) is 2. The molecule has 0 saturated heterocycles. The summed E-state index contributed by atoms with van der Waals surface area (Å²) in [7, 11) is 0. The normalized spacial score (nSPS) is 10.4. The van der Waals surface area contributed by atoms with Crippen LogP contribution in [-0.4, -0.2) is 32.9 Å². The fourth-order valence-electron chi connectivity index (χ4n) is 1.37. The number of carbonyl (C=O) groups excluding carboxylic acids is 2. The van der Waals surface area contributed by atoms with Crippen LogP contribution in [0.5, 0.6) is 5.75 Å². The van der Waals surface area contributed by atoms with Crippen LogP contribution in [0.4, 0.5) is 0 Å². The van der Waals surface area contributed by atoms with Gasteiger partial charge in [-0.25, -0.2) is 4.98 Å². The molecule has 7 nitrogen and oxygen atoms in total. The summed E-state index contributed by atoms with van der Waals surface area (Å²) in [5.41, 5.74) is 5.28. The minimum Gasteiger partial charge on any atom is -0.504 e. The third-order valence-corrected chi connectivity index (χ3v) is 2.12. The molecule has 2 aromatic rings. The van der Waals surface area contributed by atoms with Gasteiger partial charge in [0.2, 0.25) is 5.91 Å². The van der Waals surface area contributed by atoms with Gasteiger partial charge in [0.1, 0.15) is 5.69 Å². The van der Waals surface area contributed by atoms with E-state index in [1.165, 1.54) is 16.7 Å². The van der Waals surface area contributed by atoms with E-state index in [-0.39, 0.29) is 23.6 Å². The van der Waals surface area contributed by atoms with Crippen LogP contribution in [0.15, 0.2) is 24.5 Å². The molecule has 0 fully saturated rings. The molecule has 0 atom stereocenters. The summed E-state index contributed by atoms with van der Waals surface area (Å²) in [4.78, 5) is 26.0. The highest BCUT2D eigenvalue weighted by atomic mass is 16.3. The Labute approximate surface area is 95.9 Å². The molecule has 2 heterocycles. The van der Waals surface area contributed by atoms with Crippen molar-refractivity contribution in [1.29, 1.82) is 0 Å². The molecule has 0 aliphatic heterocycles. The van der Waals surface area contributed by atoms with E-state index in [0.717, 1.165) is 0 Å². The predicted molar refractivity (Wildman–Crippen MR) is 58.4 cm³/mol. The number of amides is 2. The van der Waals surface area contributed by atoms with Gasteiger partial charge >= 0.3 is 0 Å². The fraction of sp³-hybridized carbons (Fsp3) is 0.100. The van der Waals surface area contributed by atoms with Crippen LogP contribution in [0.3, 0.4) is 0 Å². The first-order valence-electron chi connectivity index (χ1n) is 4.81. The lowest BCUT2D eigenvalue weighted by Crippen LogP contribution is -2.33. The first-order valence-corrected chi connectivity index (χ1v) is 4.81. The lowest BCUT2D eigenvalue weighted by atomic mass is 10.4. The number of hydrogen-bond donors (Lipinski definition) is 3. The smallest absolute Gasteiger partial charge is 0.271 e. The van der Waals surface area contributed by atoms with E-state index in [0.29, 0.717) is 0 Å². The average molecular weight is 234 g/mol. The van der Waals surface area contributed by atoms with Gasteiger partial charge in [0, 0.05) is 12.4 Å². The number of imidazole rings is 1. The van der Waals surface area contributed by atoms with Crippen LogP contribution in [-0.2, 0) is 4.79 Å². The highest BCUT2D eigenvalue weighted by Gasteiger charge is 2.12. The van der Waals surface area contributed by atoms with Crippen LogP contribution in [0, 0.1) is 0 Å². The molecular formula is C10H10N4O3. The number of hydrogen-bond acceptors (Lipinski definition) is 4. The number of aromatic hydroxyl groups is 1. The van der Waals surface area contributed by atoms with Crippen molar-refractivity contribution in [3.05, 3.63) is 30.2 Å². The van der Waals surface area contributed by atoms with Crippen molar-refractivity contribution in [3.63, 3.8) is 0 Å². The van der Waals surface area contributed by atoms with Gasteiger partial charge < -0.3 is 20.6 Å². The van der Waals surface area contributed by atoms with Crippen molar-refractivity contribution in [1.82, 2.24) is 14.7 Å². The van der Waals surface area contributed by atoms with Gasteiger partial charge in [-0.2, -0.15) is 0 Å². The van der Waals surface area contributed by atoms with Crippen molar-refractivity contribution >= 4 is 17.5 Å². The fourth-order valence-corrected chi connectivity index (χ4v) is 1.37. The van der Waals surface area contributed by atoms with Crippen molar-refractivity contribution in [2.24, 2.45) is 5.73 Å². The maximum absolute atomic E-state index is 11.6. The molecule has 0 spiro atoms. The Bertz CT molecular complexity index is 590. The molecule has 0 radical (unpaired) electrons. The molecule has 88 valence electrons. The summed E-state index contributed by atoms with van der Waals surface area (Å²) in [5.74, 6) is -1.18. The summed E-state index contributed by atoms with van der Waals surface area (Å²) < 4.78 is 1.51. The lowest BCUT2D eigenvalue weighted by Gasteiger charge is -1.97. The van der Waals surface area contributed by atoms with E-state index in [4.69, 9.17) is 5.73 Å². The molecule has 0 aliphatic rings. The molecule has 2 amide bonds. The molecule has 7 heteroatoms. The summed E-state index contributed by atoms with van der Waals surface area (Å²) >= 11 is 0. The van der Waals surface area contributed by atoms with Crippen molar-refractivity contribution in [3.8, 4) is 5.75 Å². The molecule has 17 heavy (non-hydrogen) atoms. The maximum atomic E-state index is 11.6. The van der Waals surface area contributed by atoms with E-state index in [1.807, 2.05) is 0 Å². The van der Waals surface area contributed by atoms with E-state index in [1.54, 1.807) is 12.3 Å². The highest BCUT2D eigenvalue weighted by molar-refractivity contribution is 5.95. The van der Waals surface area contributed by atoms with Gasteiger partial charge in [0.05, 0.1) is 6.54 Å². The highest BCUT2D eigenvalue weighted by Crippen LogP contribution is 2.16. The van der Waals surface area contributed by atoms with Gasteiger partial charge in [-0.1, -0.05) is 0 Å². The zero-order valence-corrected chi connectivity index (χ0v) is 8.75. The van der Waals surface area contributed by atoms with E-state index in [2.05, 4.69) is 10.3 Å². The van der Waals surface area contributed by atoms with Gasteiger partial charge in [0.25, 0.3) is 5.91 Å². The number of primary amides is 1. The van der Waals surface area contributed by atoms with E-state index in [9.17, 15) is 14.7 Å². The van der Waals surface area contributed by atoms with Crippen LogP contribution < -0.4 is 11.1 Å². The first kappa shape index (κ1) is 10.9. The SMILES string of the molecule is NC(=O)CNC(=O)c1cn2cccc(O)c2n1. The number of carbonyl (C=O) groups is 2. The topological polar surface area (TPSA) is 110 Å². The minimum atomic E-state index is -0.634. The number of rotatable bonds is 3. The molecule has 2 rings (SSSR count). The Kier molecular flexibility index (Phi) is 2.65. The zero-order chi connectivity index (χ0) is 12.4. The molecule has 0 unspecified atom stereocenters. The Morgan fingerprint density at radius 3 is 2.94 bits per heavy atom. The quantitative estimate of drug-likeness (QED) is 0.649. The standard InChI is InChI=1S/C10H10N4O3/c11-8(16)4-12-10(17)6-5-14-3-1-2-7(15)9(14)13-6/h1-3,5,15H,4H2,(H2,11,16)(H,12,17). The van der Waals surface area contributed by atoms with E-state index < -0.39 is 11.8 Å². The second-order valence-electron chi connectivity index (χ2n) is 3.40. The molecule has 0 bridgehead atoms. The second kappa shape index (κ2) is 4.12. The predicted octanol–water partition coefficient (Wildman–Crippen LogP) is -0.745. The third-order valence-electron chi connectivity index (χ3n) is 2.12. The summed E-state index contributed by atoms with van der Waals surface area (Å²) in [5, 5.41) is 11.8. The molecule has 0 aliphatic carbocycles. The Morgan fingerprint density at radius 2 is 2.29 bits per heavy atom. The van der Waals surface area contributed by atoms with Gasteiger partial charge in [-0.15, -0.1) is 0 Å². The monoisotopic (exact) mass is 234 g/mol. The number of aromatic nitrogens is 2. The van der Waals surface area contributed by atoms with Crippen molar-refractivity contribution < 1.29 is 14.7 Å². The number of fused-ring (bicyclic) bond motifs is 1. The largest absolute Gasteiger partial charge is 0.504 e. The summed E-state index contributed by atoms with van der Waals surface area (Å²) in [6.45, 7) is -0.251. The minimum absolute atomic E-state index is 0.0264. The van der Waals surface area contributed by atoms with Crippen LogP contribution in [0.1, 0.15) is 10.5 Å². The first-order chi connectivity index (χ1) is 8.08. The zero-order valence-electron chi connectivity index (χ0n) is 8.75. The Morgan fingerprint density at radius 1 is 1.53 bits per heavy atom. The van der Waals surface area contributed by atoms with Crippen LogP contribution >= 0.6 is 0 Å². The van der Waals surface area contributed by atoms with Crippen molar-refractivity contribution in [2.45, 2.75) is 0 Å². The molecule has 0 aromatic carbocycles. The number of pyridine rings is 1. The molecule has 0 saturated carbocycles. The second-order valence-corrected chi connectivity index (χ2v) is 3.40. The molecular weight excluding hydrogens is 224 g/mol. The third kappa shape index (κ3) is 2.17. The van der Waals surface area contributed by atoms with Gasteiger partial charge in [-0.3, -0.25) is 9.59 Å².